The fraction of sp³-hybridized carbons (Fsp3) is 0.200. The van der Waals surface area contributed by atoms with Crippen molar-refractivity contribution < 1.29 is 14.4 Å². The second-order valence-corrected chi connectivity index (χ2v) is 11.6. The van der Waals surface area contributed by atoms with Crippen LogP contribution in [0, 0.1) is 6.92 Å². The molecule has 2 N–H and O–H groups in total. The molecule has 1 heterocycles. The molecule has 4 aromatic carbocycles. The summed E-state index contributed by atoms with van der Waals surface area (Å²) in [6.45, 7) is 2.49. The van der Waals surface area contributed by atoms with Gasteiger partial charge in [-0.2, -0.15) is 0 Å². The van der Waals surface area contributed by atoms with Gasteiger partial charge in [-0.05, 0) is 65.6 Å². The van der Waals surface area contributed by atoms with E-state index < -0.39 is 5.54 Å². The van der Waals surface area contributed by atoms with Crippen molar-refractivity contribution >= 4 is 35.3 Å². The van der Waals surface area contributed by atoms with E-state index in [1.54, 1.807) is 80.6 Å². The Morgan fingerprint density at radius 1 is 0.818 bits per heavy atom. The number of guanidine groups is 1. The van der Waals surface area contributed by atoms with E-state index in [-0.39, 0.29) is 30.2 Å². The Morgan fingerprint density at radius 3 is 2.11 bits per heavy atom. The first-order chi connectivity index (χ1) is 21.0. The van der Waals surface area contributed by atoms with Crippen LogP contribution < -0.4 is 5.73 Å². The molecule has 0 saturated heterocycles. The maximum Gasteiger partial charge on any atom is 0.266 e. The number of aryl methyl sites for hydroxylation is 1. The lowest BCUT2D eigenvalue weighted by Crippen LogP contribution is -2.43. The molecule has 0 bridgehead atoms. The Hall–Kier alpha value is -4.95. The van der Waals surface area contributed by atoms with E-state index in [2.05, 4.69) is 0 Å². The normalized spacial score (nSPS) is 16.1. The Bertz CT molecular complexity index is 1750. The van der Waals surface area contributed by atoms with E-state index in [9.17, 15) is 14.4 Å². The minimum atomic E-state index is -1.48. The van der Waals surface area contributed by atoms with E-state index in [0.29, 0.717) is 33.8 Å². The third-order valence-electron chi connectivity index (χ3n) is 7.71. The quantitative estimate of drug-likeness (QED) is 0.297. The molecule has 4 aromatic rings. The second kappa shape index (κ2) is 12.3. The van der Waals surface area contributed by atoms with Crippen molar-refractivity contribution in [1.29, 1.82) is 0 Å². The predicted molar refractivity (Wildman–Crippen MR) is 172 cm³/mol. The lowest BCUT2D eigenvalue weighted by Gasteiger charge is -2.28. The van der Waals surface area contributed by atoms with Crippen LogP contribution in [0.3, 0.4) is 0 Å². The van der Waals surface area contributed by atoms with Gasteiger partial charge in [0.2, 0.25) is 0 Å². The van der Waals surface area contributed by atoms with Crippen LogP contribution in [-0.4, -0.2) is 59.5 Å². The number of amides is 3. The number of nitrogens with two attached hydrogens (primary N) is 1. The zero-order chi connectivity index (χ0) is 31.6. The molecule has 5 rings (SSSR count). The number of rotatable bonds is 8. The predicted octanol–water partition coefficient (Wildman–Crippen LogP) is 5.22. The Balaban J connectivity index is 1.45. The van der Waals surface area contributed by atoms with Crippen LogP contribution in [0.5, 0.6) is 0 Å². The SMILES string of the molecule is Cc1ccc(C2(c3cccc(C(=O)N(C)C)c3)N=C(N)N(Cc3cccc(C(=O)N(C)Cc4ccc(Cl)cc4)c3)C2=O)cc1. The third kappa shape index (κ3) is 5.94. The van der Waals surface area contributed by atoms with Crippen LogP contribution >= 0.6 is 11.6 Å². The summed E-state index contributed by atoms with van der Waals surface area (Å²) in [5, 5.41) is 0.635. The molecule has 8 nitrogen and oxygen atoms in total. The summed E-state index contributed by atoms with van der Waals surface area (Å²) in [7, 11) is 5.10. The van der Waals surface area contributed by atoms with Crippen LogP contribution in [-0.2, 0) is 23.4 Å². The van der Waals surface area contributed by atoms with Gasteiger partial charge in [-0.1, -0.05) is 77.8 Å². The first kappa shape index (κ1) is 30.5. The maximum atomic E-state index is 14.4. The van der Waals surface area contributed by atoms with Gasteiger partial charge in [0.1, 0.15) is 0 Å². The van der Waals surface area contributed by atoms with Crippen molar-refractivity contribution in [3.05, 3.63) is 141 Å². The number of hydrogen-bond donors (Lipinski definition) is 1. The van der Waals surface area contributed by atoms with Crippen molar-refractivity contribution in [1.82, 2.24) is 14.7 Å². The minimum absolute atomic E-state index is 0.0523. The molecular formula is C35H34ClN5O3. The summed E-state index contributed by atoms with van der Waals surface area (Å²) in [6.07, 6.45) is 0. The summed E-state index contributed by atoms with van der Waals surface area (Å²) in [5.74, 6) is -0.637. The van der Waals surface area contributed by atoms with Gasteiger partial charge < -0.3 is 15.5 Å². The summed E-state index contributed by atoms with van der Waals surface area (Å²) >= 11 is 6.00. The molecular weight excluding hydrogens is 574 g/mol. The lowest BCUT2D eigenvalue weighted by atomic mass is 9.81. The molecule has 44 heavy (non-hydrogen) atoms. The second-order valence-electron chi connectivity index (χ2n) is 11.2. The minimum Gasteiger partial charge on any atom is -0.369 e. The summed E-state index contributed by atoms with van der Waals surface area (Å²) in [6, 6.07) is 29.0. The fourth-order valence-electron chi connectivity index (χ4n) is 5.35. The summed E-state index contributed by atoms with van der Waals surface area (Å²) in [5.41, 5.74) is 9.81. The largest absolute Gasteiger partial charge is 0.369 e. The van der Waals surface area contributed by atoms with Crippen LogP contribution in [0.25, 0.3) is 0 Å². The molecule has 1 atom stereocenters. The van der Waals surface area contributed by atoms with Gasteiger partial charge >= 0.3 is 0 Å². The molecule has 0 saturated carbocycles. The molecule has 0 aromatic heterocycles. The van der Waals surface area contributed by atoms with Gasteiger partial charge in [0.05, 0.1) is 6.54 Å². The molecule has 9 heteroatoms. The number of carbonyl (C=O) groups is 3. The molecule has 0 fully saturated rings. The van der Waals surface area contributed by atoms with Crippen molar-refractivity contribution in [3.8, 4) is 0 Å². The van der Waals surface area contributed by atoms with E-state index in [1.165, 1.54) is 9.80 Å². The summed E-state index contributed by atoms with van der Waals surface area (Å²) < 4.78 is 0. The summed E-state index contributed by atoms with van der Waals surface area (Å²) in [4.78, 5) is 49.9. The molecule has 224 valence electrons. The van der Waals surface area contributed by atoms with Crippen LogP contribution in [0.4, 0.5) is 0 Å². The average molecular weight is 608 g/mol. The molecule has 3 amide bonds. The van der Waals surface area contributed by atoms with Crippen molar-refractivity contribution in [2.75, 3.05) is 21.1 Å². The molecule has 1 aliphatic heterocycles. The molecule has 0 aliphatic carbocycles. The van der Waals surface area contributed by atoms with E-state index >= 15 is 0 Å². The molecule has 0 radical (unpaired) electrons. The molecule has 1 unspecified atom stereocenters. The number of aliphatic imine (C=N–C) groups is 1. The zero-order valence-electron chi connectivity index (χ0n) is 25.1. The Labute approximate surface area is 262 Å². The molecule has 0 spiro atoms. The maximum absolute atomic E-state index is 14.4. The van der Waals surface area contributed by atoms with Crippen molar-refractivity contribution in [2.45, 2.75) is 25.6 Å². The van der Waals surface area contributed by atoms with Crippen molar-refractivity contribution in [3.63, 3.8) is 0 Å². The highest BCUT2D eigenvalue weighted by Gasteiger charge is 2.50. The van der Waals surface area contributed by atoms with E-state index in [0.717, 1.165) is 16.7 Å². The van der Waals surface area contributed by atoms with Gasteiger partial charge in [-0.15, -0.1) is 0 Å². The van der Waals surface area contributed by atoms with Gasteiger partial charge in [0.15, 0.2) is 11.5 Å². The van der Waals surface area contributed by atoms with Crippen molar-refractivity contribution in [2.24, 2.45) is 10.7 Å². The average Bonchev–Trinajstić information content (AvgIpc) is 3.27. The van der Waals surface area contributed by atoms with Gasteiger partial charge in [0, 0.05) is 43.8 Å². The Morgan fingerprint density at radius 2 is 1.45 bits per heavy atom. The molecule has 1 aliphatic rings. The van der Waals surface area contributed by atoms with Gasteiger partial charge in [-0.25, -0.2) is 4.99 Å². The van der Waals surface area contributed by atoms with E-state index in [4.69, 9.17) is 22.3 Å². The van der Waals surface area contributed by atoms with Gasteiger partial charge in [-0.3, -0.25) is 19.3 Å². The Kier molecular flexibility index (Phi) is 8.56. The number of nitrogens with zero attached hydrogens (tertiary/aromatic N) is 4. The lowest BCUT2D eigenvalue weighted by molar-refractivity contribution is -0.130. The zero-order valence-corrected chi connectivity index (χ0v) is 25.9. The highest BCUT2D eigenvalue weighted by atomic mass is 35.5. The topological polar surface area (TPSA) is 99.3 Å². The van der Waals surface area contributed by atoms with Crippen LogP contribution in [0.15, 0.2) is 102 Å². The number of benzene rings is 4. The first-order valence-electron chi connectivity index (χ1n) is 14.1. The standard InChI is InChI=1S/C35H34ClN5O3/c1-23-11-15-28(16-12-23)35(29-10-6-9-27(20-29)31(42)39(2)3)33(44)41(34(37)38-35)22-25-7-5-8-26(19-25)32(43)40(4)21-24-13-17-30(36)18-14-24/h5-20H,21-22H2,1-4H3,(H2,37,38). The number of halogens is 1. The highest BCUT2D eigenvalue weighted by molar-refractivity contribution is 6.30. The fourth-order valence-corrected chi connectivity index (χ4v) is 5.47. The number of carbonyl (C=O) groups excluding carboxylic acids is 3. The highest BCUT2D eigenvalue weighted by Crippen LogP contribution is 2.40. The monoisotopic (exact) mass is 607 g/mol. The van der Waals surface area contributed by atoms with Crippen LogP contribution in [0.2, 0.25) is 5.02 Å². The third-order valence-corrected chi connectivity index (χ3v) is 7.96. The van der Waals surface area contributed by atoms with Crippen LogP contribution in [0.1, 0.15) is 48.5 Å². The number of hydrogen-bond acceptors (Lipinski definition) is 5. The smallest absolute Gasteiger partial charge is 0.266 e. The first-order valence-corrected chi connectivity index (χ1v) is 14.5. The van der Waals surface area contributed by atoms with E-state index in [1.807, 2.05) is 49.4 Å². The van der Waals surface area contributed by atoms with Gasteiger partial charge in [0.25, 0.3) is 17.7 Å².